The number of aromatic carboxylic acids is 1. The number of nitrogens with two attached hydrogens (primary N) is 1. The van der Waals surface area contributed by atoms with Crippen LogP contribution >= 0.6 is 0 Å². The smallest absolute Gasteiger partial charge is 0.354 e. The van der Waals surface area contributed by atoms with Gasteiger partial charge in [-0.05, 0) is 19.1 Å². The van der Waals surface area contributed by atoms with Crippen molar-refractivity contribution >= 4 is 17.5 Å². The molecule has 0 aliphatic carbocycles. The molecule has 2 aromatic heterocycles. The summed E-state index contributed by atoms with van der Waals surface area (Å²) in [5.74, 6) is 0.0406. The van der Waals surface area contributed by atoms with Gasteiger partial charge in [-0.2, -0.15) is 4.98 Å². The molecular formula is C10H11N5O3. The van der Waals surface area contributed by atoms with Gasteiger partial charge >= 0.3 is 5.97 Å². The summed E-state index contributed by atoms with van der Waals surface area (Å²) in [6.07, 6.45) is 0. The molecule has 0 unspecified atom stereocenters. The van der Waals surface area contributed by atoms with Crippen LogP contribution in [-0.4, -0.2) is 26.2 Å². The molecule has 0 amide bonds. The molecule has 0 aliphatic rings. The van der Waals surface area contributed by atoms with Gasteiger partial charge in [0.15, 0.2) is 17.3 Å². The van der Waals surface area contributed by atoms with Crippen LogP contribution in [0.5, 0.6) is 0 Å². The highest BCUT2D eigenvalue weighted by Gasteiger charge is 2.09. The van der Waals surface area contributed by atoms with E-state index in [1.54, 1.807) is 6.92 Å². The summed E-state index contributed by atoms with van der Waals surface area (Å²) >= 11 is 0. The molecule has 0 saturated heterocycles. The summed E-state index contributed by atoms with van der Waals surface area (Å²) in [6, 6.07) is 2.80. The quantitative estimate of drug-likeness (QED) is 0.721. The van der Waals surface area contributed by atoms with Crippen molar-refractivity contribution in [2.75, 3.05) is 11.1 Å². The first-order chi connectivity index (χ1) is 8.56. The molecule has 0 aliphatic heterocycles. The normalized spacial score (nSPS) is 10.3. The summed E-state index contributed by atoms with van der Waals surface area (Å²) in [5, 5.41) is 15.3. The number of carboxylic acids is 1. The first-order valence-corrected chi connectivity index (χ1v) is 5.09. The van der Waals surface area contributed by atoms with Gasteiger partial charge in [-0.25, -0.2) is 9.78 Å². The monoisotopic (exact) mass is 249 g/mol. The Morgan fingerprint density at radius 1 is 1.50 bits per heavy atom. The van der Waals surface area contributed by atoms with Crippen LogP contribution in [0.2, 0.25) is 0 Å². The summed E-state index contributed by atoms with van der Waals surface area (Å²) in [6.45, 7) is 1.92. The molecule has 0 fully saturated rings. The maximum absolute atomic E-state index is 10.8. The van der Waals surface area contributed by atoms with Gasteiger partial charge in [-0.15, -0.1) is 0 Å². The van der Waals surface area contributed by atoms with Crippen molar-refractivity contribution in [1.29, 1.82) is 0 Å². The van der Waals surface area contributed by atoms with Crippen LogP contribution in [0.1, 0.15) is 22.2 Å². The Morgan fingerprint density at radius 2 is 2.28 bits per heavy atom. The van der Waals surface area contributed by atoms with Gasteiger partial charge < -0.3 is 20.7 Å². The lowest BCUT2D eigenvalue weighted by molar-refractivity contribution is 0.0690. The maximum atomic E-state index is 10.8. The molecule has 0 bridgehead atoms. The summed E-state index contributed by atoms with van der Waals surface area (Å²) in [4.78, 5) is 18.6. The minimum absolute atomic E-state index is 0.0894. The third-order valence-corrected chi connectivity index (χ3v) is 2.12. The van der Waals surface area contributed by atoms with E-state index in [1.165, 1.54) is 12.1 Å². The standard InChI is InChI=1S/C10H11N5O3/c1-5-13-8(18-15-5)4-12-9-6(11)2-3-7(14-9)10(16)17/h2-3H,4,11H2,1H3,(H,12,14)(H,16,17). The molecule has 2 rings (SSSR count). The van der Waals surface area contributed by atoms with Crippen LogP contribution in [0.3, 0.4) is 0 Å². The number of aromatic nitrogens is 3. The molecule has 4 N–H and O–H groups in total. The van der Waals surface area contributed by atoms with Gasteiger partial charge in [0.2, 0.25) is 5.89 Å². The number of nitrogen functional groups attached to an aromatic ring is 1. The fraction of sp³-hybridized carbons (Fsp3) is 0.200. The molecule has 0 saturated carbocycles. The molecule has 0 aromatic carbocycles. The lowest BCUT2D eigenvalue weighted by Gasteiger charge is -2.06. The number of nitrogens with one attached hydrogen (secondary N) is 1. The number of aryl methyl sites for hydroxylation is 1. The average molecular weight is 249 g/mol. The maximum Gasteiger partial charge on any atom is 0.354 e. The highest BCUT2D eigenvalue weighted by atomic mass is 16.5. The molecule has 2 aromatic rings. The number of hydrogen-bond donors (Lipinski definition) is 3. The second kappa shape index (κ2) is 4.70. The topological polar surface area (TPSA) is 127 Å². The minimum atomic E-state index is -1.12. The largest absolute Gasteiger partial charge is 0.477 e. The first-order valence-electron chi connectivity index (χ1n) is 5.09. The van der Waals surface area contributed by atoms with Crippen LogP contribution in [0, 0.1) is 6.92 Å². The molecule has 94 valence electrons. The van der Waals surface area contributed by atoms with E-state index >= 15 is 0 Å². The Kier molecular flexibility index (Phi) is 3.09. The first kappa shape index (κ1) is 11.8. The molecule has 2 heterocycles. The lowest BCUT2D eigenvalue weighted by atomic mass is 10.3. The van der Waals surface area contributed by atoms with Crippen molar-refractivity contribution in [2.45, 2.75) is 13.5 Å². The Labute approximate surface area is 102 Å². The number of rotatable bonds is 4. The van der Waals surface area contributed by atoms with E-state index in [9.17, 15) is 4.79 Å². The van der Waals surface area contributed by atoms with Crippen molar-refractivity contribution in [1.82, 2.24) is 15.1 Å². The number of anilines is 2. The fourth-order valence-corrected chi connectivity index (χ4v) is 1.30. The van der Waals surface area contributed by atoms with Crippen molar-refractivity contribution in [3.63, 3.8) is 0 Å². The van der Waals surface area contributed by atoms with Crippen LogP contribution in [-0.2, 0) is 6.54 Å². The Bertz CT molecular complexity index is 581. The Morgan fingerprint density at radius 3 is 2.89 bits per heavy atom. The lowest BCUT2D eigenvalue weighted by Crippen LogP contribution is -2.08. The number of carboxylic acid groups (broad SMARTS) is 1. The van der Waals surface area contributed by atoms with Crippen LogP contribution in [0.15, 0.2) is 16.7 Å². The number of carbonyl (C=O) groups is 1. The van der Waals surface area contributed by atoms with E-state index in [-0.39, 0.29) is 18.1 Å². The number of nitrogens with zero attached hydrogens (tertiary/aromatic N) is 3. The second-order valence-electron chi connectivity index (χ2n) is 3.53. The summed E-state index contributed by atoms with van der Waals surface area (Å²) in [5.41, 5.74) is 5.93. The van der Waals surface area contributed by atoms with Crippen molar-refractivity contribution in [3.8, 4) is 0 Å². The van der Waals surface area contributed by atoms with E-state index < -0.39 is 5.97 Å². The summed E-state index contributed by atoms with van der Waals surface area (Å²) < 4.78 is 4.90. The van der Waals surface area contributed by atoms with Gasteiger partial charge in [0, 0.05) is 0 Å². The Balaban J connectivity index is 2.13. The van der Waals surface area contributed by atoms with Gasteiger partial charge in [-0.1, -0.05) is 5.16 Å². The molecule has 0 spiro atoms. The molecular weight excluding hydrogens is 238 g/mol. The van der Waals surface area contributed by atoms with Crippen molar-refractivity contribution in [3.05, 3.63) is 29.5 Å². The minimum Gasteiger partial charge on any atom is -0.477 e. The average Bonchev–Trinajstić information content (AvgIpc) is 2.74. The Hall–Kier alpha value is -2.64. The van der Waals surface area contributed by atoms with E-state index in [2.05, 4.69) is 20.4 Å². The van der Waals surface area contributed by atoms with Crippen LogP contribution < -0.4 is 11.1 Å². The fourth-order valence-electron chi connectivity index (χ4n) is 1.30. The van der Waals surface area contributed by atoms with Crippen molar-refractivity contribution in [2.24, 2.45) is 0 Å². The highest BCUT2D eigenvalue weighted by molar-refractivity contribution is 5.86. The molecule has 8 nitrogen and oxygen atoms in total. The van der Waals surface area contributed by atoms with E-state index in [0.29, 0.717) is 17.4 Å². The SMILES string of the molecule is Cc1noc(CNc2nc(C(=O)O)ccc2N)n1. The molecule has 0 atom stereocenters. The second-order valence-corrected chi connectivity index (χ2v) is 3.53. The third-order valence-electron chi connectivity index (χ3n) is 2.12. The predicted octanol–water partition coefficient (Wildman–Crippen LogP) is 0.666. The molecule has 18 heavy (non-hydrogen) atoms. The van der Waals surface area contributed by atoms with E-state index in [0.717, 1.165) is 0 Å². The predicted molar refractivity (Wildman–Crippen MR) is 62.0 cm³/mol. The zero-order valence-electron chi connectivity index (χ0n) is 9.54. The van der Waals surface area contributed by atoms with Gasteiger partial charge in [0.25, 0.3) is 0 Å². The van der Waals surface area contributed by atoms with Gasteiger partial charge in [0.05, 0.1) is 12.2 Å². The van der Waals surface area contributed by atoms with Crippen LogP contribution in [0.4, 0.5) is 11.5 Å². The number of hydrogen-bond acceptors (Lipinski definition) is 7. The molecule has 8 heteroatoms. The van der Waals surface area contributed by atoms with Crippen LogP contribution in [0.25, 0.3) is 0 Å². The molecule has 0 radical (unpaired) electrons. The zero-order chi connectivity index (χ0) is 13.1. The third kappa shape index (κ3) is 2.54. The van der Waals surface area contributed by atoms with Gasteiger partial charge in [0.1, 0.15) is 0 Å². The van der Waals surface area contributed by atoms with Crippen molar-refractivity contribution < 1.29 is 14.4 Å². The van der Waals surface area contributed by atoms with E-state index in [1.807, 2.05) is 0 Å². The zero-order valence-corrected chi connectivity index (χ0v) is 9.54. The summed E-state index contributed by atoms with van der Waals surface area (Å²) in [7, 11) is 0. The van der Waals surface area contributed by atoms with Gasteiger partial charge in [-0.3, -0.25) is 0 Å². The van der Waals surface area contributed by atoms with E-state index in [4.69, 9.17) is 15.4 Å². The number of pyridine rings is 1. The highest BCUT2D eigenvalue weighted by Crippen LogP contribution is 2.16.